The number of hydrogen-bond donors (Lipinski definition) is 1. The summed E-state index contributed by atoms with van der Waals surface area (Å²) in [5.74, 6) is -0.603. The van der Waals surface area contributed by atoms with Crippen LogP contribution in [-0.2, 0) is 4.79 Å². The first-order valence-electron chi connectivity index (χ1n) is 6.37. The Morgan fingerprint density at radius 3 is 3.00 bits per heavy atom. The van der Waals surface area contributed by atoms with Crippen LogP contribution in [-0.4, -0.2) is 32.3 Å². The number of nitrogens with zero attached hydrogens (tertiary/aromatic N) is 1. The Bertz CT molecular complexity index is 490. The topological polar surface area (TPSA) is 49.4 Å². The molecule has 0 aromatic heterocycles. The van der Waals surface area contributed by atoms with E-state index in [1.165, 1.54) is 12.1 Å². The van der Waals surface area contributed by atoms with Gasteiger partial charge in [0.05, 0.1) is 11.6 Å². The van der Waals surface area contributed by atoms with Gasteiger partial charge in [0.15, 0.2) is 6.29 Å². The van der Waals surface area contributed by atoms with Crippen molar-refractivity contribution in [2.75, 3.05) is 25.0 Å². The number of carbonyl (C=O) groups excluding carboxylic acids is 2. The lowest BCUT2D eigenvalue weighted by Gasteiger charge is -2.34. The summed E-state index contributed by atoms with van der Waals surface area (Å²) in [6.45, 7) is 1.11. The third kappa shape index (κ3) is 2.75. The van der Waals surface area contributed by atoms with Gasteiger partial charge in [-0.25, -0.2) is 4.39 Å². The Labute approximate surface area is 111 Å². The summed E-state index contributed by atoms with van der Waals surface area (Å²) in [4.78, 5) is 24.5. The maximum Gasteiger partial charge on any atom is 0.224 e. The molecule has 1 aliphatic rings. The van der Waals surface area contributed by atoms with E-state index in [1.807, 2.05) is 0 Å². The fourth-order valence-electron chi connectivity index (χ4n) is 2.56. The summed E-state index contributed by atoms with van der Waals surface area (Å²) >= 11 is 0. The van der Waals surface area contributed by atoms with Crippen molar-refractivity contribution in [1.29, 1.82) is 0 Å². The highest BCUT2D eigenvalue weighted by Gasteiger charge is 2.27. The molecule has 0 spiro atoms. The number of halogens is 1. The highest BCUT2D eigenvalue weighted by molar-refractivity contribution is 5.85. The van der Waals surface area contributed by atoms with Gasteiger partial charge in [-0.05, 0) is 25.0 Å². The number of carbonyl (C=O) groups is 2. The minimum absolute atomic E-state index is 0.0336. The Balaban J connectivity index is 2.27. The van der Waals surface area contributed by atoms with Gasteiger partial charge in [0, 0.05) is 25.7 Å². The summed E-state index contributed by atoms with van der Waals surface area (Å²) in [6.07, 6.45) is 2.26. The SMILES string of the molecule is CNC(=O)C1CCCN(c2c(F)cccc2C=O)C1. The van der Waals surface area contributed by atoms with Crippen molar-refractivity contribution in [1.82, 2.24) is 5.32 Å². The molecule has 4 nitrogen and oxygen atoms in total. The monoisotopic (exact) mass is 264 g/mol. The summed E-state index contributed by atoms with van der Waals surface area (Å²) in [5, 5.41) is 2.62. The summed E-state index contributed by atoms with van der Waals surface area (Å²) < 4.78 is 13.9. The van der Waals surface area contributed by atoms with E-state index in [0.717, 1.165) is 12.8 Å². The Morgan fingerprint density at radius 2 is 2.32 bits per heavy atom. The molecule has 1 amide bonds. The molecule has 0 aliphatic carbocycles. The maximum absolute atomic E-state index is 13.9. The van der Waals surface area contributed by atoms with E-state index in [-0.39, 0.29) is 11.8 Å². The largest absolute Gasteiger partial charge is 0.368 e. The van der Waals surface area contributed by atoms with Crippen LogP contribution in [0.5, 0.6) is 0 Å². The zero-order chi connectivity index (χ0) is 13.8. The van der Waals surface area contributed by atoms with Crippen molar-refractivity contribution in [3.8, 4) is 0 Å². The molecule has 1 heterocycles. The van der Waals surface area contributed by atoms with Crippen molar-refractivity contribution in [3.63, 3.8) is 0 Å². The minimum Gasteiger partial charge on any atom is -0.368 e. The maximum atomic E-state index is 13.9. The molecule has 1 aliphatic heterocycles. The number of nitrogens with one attached hydrogen (secondary N) is 1. The first kappa shape index (κ1) is 13.5. The molecule has 0 bridgehead atoms. The molecule has 1 aromatic rings. The Morgan fingerprint density at radius 1 is 1.53 bits per heavy atom. The molecule has 19 heavy (non-hydrogen) atoms. The van der Waals surface area contributed by atoms with Crippen LogP contribution < -0.4 is 10.2 Å². The lowest BCUT2D eigenvalue weighted by Crippen LogP contribution is -2.42. The minimum atomic E-state index is -0.415. The van der Waals surface area contributed by atoms with Crippen LogP contribution in [0.3, 0.4) is 0 Å². The Hall–Kier alpha value is -1.91. The molecule has 1 N–H and O–H groups in total. The first-order chi connectivity index (χ1) is 9.17. The van der Waals surface area contributed by atoms with Crippen LogP contribution in [0.4, 0.5) is 10.1 Å². The average Bonchev–Trinajstić information content (AvgIpc) is 2.46. The second-order valence-electron chi connectivity index (χ2n) is 4.69. The van der Waals surface area contributed by atoms with Gasteiger partial charge in [-0.15, -0.1) is 0 Å². The zero-order valence-corrected chi connectivity index (χ0v) is 10.9. The summed E-state index contributed by atoms with van der Waals surface area (Å²) in [5.41, 5.74) is 0.642. The second-order valence-corrected chi connectivity index (χ2v) is 4.69. The summed E-state index contributed by atoms with van der Waals surface area (Å²) in [6, 6.07) is 4.45. The molecular formula is C14H17FN2O2. The number of amides is 1. The van der Waals surface area contributed by atoms with Crippen molar-refractivity contribution < 1.29 is 14.0 Å². The van der Waals surface area contributed by atoms with Gasteiger partial charge in [0.25, 0.3) is 0 Å². The molecule has 5 heteroatoms. The molecule has 0 saturated carbocycles. The van der Waals surface area contributed by atoms with E-state index in [1.54, 1.807) is 18.0 Å². The van der Waals surface area contributed by atoms with Crippen molar-refractivity contribution >= 4 is 17.9 Å². The number of rotatable bonds is 3. The highest BCUT2D eigenvalue weighted by atomic mass is 19.1. The lowest BCUT2D eigenvalue weighted by molar-refractivity contribution is -0.124. The van der Waals surface area contributed by atoms with Gasteiger partial charge >= 0.3 is 0 Å². The van der Waals surface area contributed by atoms with Crippen molar-refractivity contribution in [2.45, 2.75) is 12.8 Å². The van der Waals surface area contributed by atoms with E-state index in [2.05, 4.69) is 5.32 Å². The number of aldehydes is 1. The standard InChI is InChI=1S/C14H17FN2O2/c1-16-14(19)10-5-3-7-17(8-10)13-11(9-18)4-2-6-12(13)15/h2,4,6,9-10H,3,5,7-8H2,1H3,(H,16,19). The van der Waals surface area contributed by atoms with Gasteiger partial charge in [0.1, 0.15) is 5.82 Å². The quantitative estimate of drug-likeness (QED) is 0.844. The van der Waals surface area contributed by atoms with Gasteiger partial charge in [-0.1, -0.05) is 6.07 Å². The van der Waals surface area contributed by atoms with Crippen molar-refractivity contribution in [2.24, 2.45) is 5.92 Å². The molecule has 1 aromatic carbocycles. The fraction of sp³-hybridized carbons (Fsp3) is 0.429. The molecule has 1 saturated heterocycles. The lowest BCUT2D eigenvalue weighted by atomic mass is 9.96. The zero-order valence-electron chi connectivity index (χ0n) is 10.9. The predicted molar refractivity (Wildman–Crippen MR) is 70.8 cm³/mol. The molecule has 0 radical (unpaired) electrons. The third-order valence-electron chi connectivity index (χ3n) is 3.50. The third-order valence-corrected chi connectivity index (χ3v) is 3.50. The van der Waals surface area contributed by atoms with Crippen molar-refractivity contribution in [3.05, 3.63) is 29.6 Å². The predicted octanol–water partition coefficient (Wildman–Crippen LogP) is 1.60. The number of hydrogen-bond acceptors (Lipinski definition) is 3. The molecule has 1 unspecified atom stereocenters. The van der Waals surface area contributed by atoms with E-state index < -0.39 is 5.82 Å². The van der Waals surface area contributed by atoms with E-state index >= 15 is 0 Å². The number of anilines is 1. The molecular weight excluding hydrogens is 247 g/mol. The van der Waals surface area contributed by atoms with Gasteiger partial charge in [-0.2, -0.15) is 0 Å². The van der Waals surface area contributed by atoms with Crippen LogP contribution in [0.25, 0.3) is 0 Å². The molecule has 1 fully saturated rings. The normalized spacial score (nSPS) is 19.1. The van der Waals surface area contributed by atoms with Gasteiger partial charge < -0.3 is 10.2 Å². The highest BCUT2D eigenvalue weighted by Crippen LogP contribution is 2.28. The molecule has 102 valence electrons. The van der Waals surface area contributed by atoms with Gasteiger partial charge in [-0.3, -0.25) is 9.59 Å². The fourth-order valence-corrected chi connectivity index (χ4v) is 2.56. The smallest absolute Gasteiger partial charge is 0.224 e. The number of para-hydroxylation sites is 1. The van der Waals surface area contributed by atoms with Crippen LogP contribution >= 0.6 is 0 Å². The first-order valence-corrected chi connectivity index (χ1v) is 6.37. The average molecular weight is 264 g/mol. The van der Waals surface area contributed by atoms with E-state index in [9.17, 15) is 14.0 Å². The van der Waals surface area contributed by atoms with Crippen LogP contribution in [0.2, 0.25) is 0 Å². The number of benzene rings is 1. The van der Waals surface area contributed by atoms with Crippen LogP contribution in [0.15, 0.2) is 18.2 Å². The van der Waals surface area contributed by atoms with E-state index in [0.29, 0.717) is 30.6 Å². The summed E-state index contributed by atoms with van der Waals surface area (Å²) in [7, 11) is 1.60. The van der Waals surface area contributed by atoms with Crippen LogP contribution in [0.1, 0.15) is 23.2 Å². The number of piperidine rings is 1. The molecule has 1 atom stereocenters. The molecule has 2 rings (SSSR count). The second kappa shape index (κ2) is 5.82. The van der Waals surface area contributed by atoms with Crippen LogP contribution in [0, 0.1) is 11.7 Å². The van der Waals surface area contributed by atoms with Gasteiger partial charge in [0.2, 0.25) is 5.91 Å². The Kier molecular flexibility index (Phi) is 4.14. The van der Waals surface area contributed by atoms with E-state index in [4.69, 9.17) is 0 Å².